The largest absolute Gasteiger partial charge is 0.377 e. The van der Waals surface area contributed by atoms with Gasteiger partial charge in [-0.2, -0.15) is 0 Å². The van der Waals surface area contributed by atoms with E-state index in [0.717, 1.165) is 27.6 Å². The van der Waals surface area contributed by atoms with Crippen LogP contribution in [0.4, 0.5) is 11.5 Å². The lowest BCUT2D eigenvalue weighted by molar-refractivity contribution is -0.120. The summed E-state index contributed by atoms with van der Waals surface area (Å²) in [4.78, 5) is 24.6. The Morgan fingerprint density at radius 2 is 2.11 bits per heavy atom. The molecule has 2 aromatic heterocycles. The van der Waals surface area contributed by atoms with Crippen LogP contribution in [0.1, 0.15) is 5.69 Å². The van der Waals surface area contributed by atoms with Crippen molar-refractivity contribution in [2.45, 2.75) is 13.0 Å². The molecule has 1 fully saturated rings. The summed E-state index contributed by atoms with van der Waals surface area (Å²) in [6, 6.07) is 9.51. The van der Waals surface area contributed by atoms with E-state index in [9.17, 15) is 4.79 Å². The second-order valence-electron chi connectivity index (χ2n) is 6.42. The minimum atomic E-state index is -0.360. The number of carbonyl (C=O) groups excluding carboxylic acids is 1. The lowest BCUT2D eigenvalue weighted by Crippen LogP contribution is -2.55. The fourth-order valence-electron chi connectivity index (χ4n) is 3.42. The third-order valence-corrected chi connectivity index (χ3v) is 5.48. The maximum atomic E-state index is 12.4. The fourth-order valence-corrected chi connectivity index (χ4v) is 4.04. The molecule has 3 aromatic rings. The molecule has 2 aliphatic rings. The van der Waals surface area contributed by atoms with Crippen LogP contribution < -0.4 is 10.2 Å². The number of hydrogen-bond donors (Lipinski definition) is 1. The van der Waals surface area contributed by atoms with Crippen LogP contribution in [0.25, 0.3) is 22.0 Å². The molecule has 1 amide bonds. The minimum Gasteiger partial charge on any atom is -0.377 e. The molecule has 4 heterocycles. The second kappa shape index (κ2) is 6.36. The van der Waals surface area contributed by atoms with E-state index < -0.39 is 0 Å². The third-order valence-electron chi connectivity index (χ3n) is 4.76. The molecule has 1 saturated heterocycles. The summed E-state index contributed by atoms with van der Waals surface area (Å²) in [7, 11) is 0. The first-order chi connectivity index (χ1) is 13.2. The molecule has 0 saturated carbocycles. The molecule has 0 aliphatic carbocycles. The van der Waals surface area contributed by atoms with Crippen LogP contribution in [-0.4, -0.2) is 51.3 Å². The van der Waals surface area contributed by atoms with Gasteiger partial charge in [-0.05, 0) is 18.5 Å². The Morgan fingerprint density at radius 3 is 2.96 bits per heavy atom. The minimum absolute atomic E-state index is 0.0777. The molecule has 9 heteroatoms. The molecule has 8 nitrogen and oxygen atoms in total. The van der Waals surface area contributed by atoms with E-state index in [0.29, 0.717) is 31.3 Å². The van der Waals surface area contributed by atoms with Crippen LogP contribution in [0.2, 0.25) is 0 Å². The molecule has 0 radical (unpaired) electrons. The number of hydrogen-bond acceptors (Lipinski definition) is 8. The van der Waals surface area contributed by atoms with Crippen molar-refractivity contribution < 1.29 is 9.53 Å². The maximum Gasteiger partial charge on any atom is 0.249 e. The Bertz CT molecular complexity index is 1020. The highest BCUT2D eigenvalue weighted by Gasteiger charge is 2.38. The van der Waals surface area contributed by atoms with E-state index in [2.05, 4.69) is 19.9 Å². The number of morpholine rings is 1. The summed E-state index contributed by atoms with van der Waals surface area (Å²) >= 11 is 1.27. The number of aryl methyl sites for hydroxylation is 1. The summed E-state index contributed by atoms with van der Waals surface area (Å²) in [5.41, 5.74) is 3.12. The average Bonchev–Trinajstić information content (AvgIpc) is 3.19. The molecule has 0 bridgehead atoms. The molecule has 2 aliphatic heterocycles. The summed E-state index contributed by atoms with van der Waals surface area (Å²) in [5, 5.41) is 7.22. The number of nitrogens with one attached hydrogen (secondary N) is 1. The normalized spacial score (nSPS) is 18.6. The van der Waals surface area contributed by atoms with Gasteiger partial charge in [0.1, 0.15) is 22.3 Å². The van der Waals surface area contributed by atoms with Gasteiger partial charge in [0, 0.05) is 12.1 Å². The molecular formula is C18H16N6O2S. The summed E-state index contributed by atoms with van der Waals surface area (Å²) in [6.07, 6.45) is 0. The molecular weight excluding hydrogens is 364 g/mol. The van der Waals surface area contributed by atoms with Crippen molar-refractivity contribution in [3.05, 3.63) is 36.0 Å². The number of carbonyl (C=O) groups is 1. The van der Waals surface area contributed by atoms with Crippen LogP contribution in [0.5, 0.6) is 0 Å². The Hall–Kier alpha value is -2.91. The zero-order chi connectivity index (χ0) is 18.4. The summed E-state index contributed by atoms with van der Waals surface area (Å²) in [5.74, 6) is 1.23. The monoisotopic (exact) mass is 380 g/mol. The predicted molar refractivity (Wildman–Crippen MR) is 102 cm³/mol. The molecule has 1 atom stereocenters. The predicted octanol–water partition coefficient (Wildman–Crippen LogP) is 2.13. The van der Waals surface area contributed by atoms with Crippen molar-refractivity contribution in [3.63, 3.8) is 0 Å². The quantitative estimate of drug-likeness (QED) is 0.728. The van der Waals surface area contributed by atoms with Gasteiger partial charge >= 0.3 is 0 Å². The molecule has 1 aromatic carbocycles. The van der Waals surface area contributed by atoms with Gasteiger partial charge in [-0.25, -0.2) is 9.97 Å². The van der Waals surface area contributed by atoms with E-state index in [4.69, 9.17) is 9.72 Å². The van der Waals surface area contributed by atoms with Gasteiger partial charge in [-0.1, -0.05) is 34.8 Å². The highest BCUT2D eigenvalue weighted by molar-refractivity contribution is 7.09. The Labute approximate surface area is 159 Å². The zero-order valence-corrected chi connectivity index (χ0v) is 15.4. The molecule has 0 spiro atoms. The molecule has 1 N–H and O–H groups in total. The van der Waals surface area contributed by atoms with Crippen molar-refractivity contribution >= 4 is 28.9 Å². The standard InChI is InChI=1S/C18H16N6O2S/c1-10-13-17(24-7-8-26-9-12(24)18(25)20-13)21-16(19-10)15-14(22-23-27-15)11-5-3-2-4-6-11/h2-6,12H,7-9H2,1H3,(H,20,25). The first-order valence-electron chi connectivity index (χ1n) is 8.64. The van der Waals surface area contributed by atoms with Crippen molar-refractivity contribution in [1.29, 1.82) is 0 Å². The number of fused-ring (bicyclic) bond motifs is 3. The molecule has 1 unspecified atom stereocenters. The fraction of sp³-hybridized carbons (Fsp3) is 0.278. The van der Waals surface area contributed by atoms with E-state index >= 15 is 0 Å². The van der Waals surface area contributed by atoms with E-state index in [1.807, 2.05) is 42.2 Å². The number of aromatic nitrogens is 4. The average molecular weight is 380 g/mol. The first-order valence-corrected chi connectivity index (χ1v) is 9.42. The van der Waals surface area contributed by atoms with Crippen LogP contribution in [-0.2, 0) is 9.53 Å². The first kappa shape index (κ1) is 16.3. The van der Waals surface area contributed by atoms with Crippen LogP contribution in [0, 0.1) is 6.92 Å². The highest BCUT2D eigenvalue weighted by atomic mass is 32.1. The van der Waals surface area contributed by atoms with Crippen LogP contribution >= 0.6 is 11.5 Å². The van der Waals surface area contributed by atoms with Gasteiger partial charge in [0.25, 0.3) is 0 Å². The third kappa shape index (κ3) is 2.66. The number of rotatable bonds is 2. The van der Waals surface area contributed by atoms with Crippen molar-refractivity contribution in [2.75, 3.05) is 30.0 Å². The van der Waals surface area contributed by atoms with Gasteiger partial charge in [0.2, 0.25) is 5.91 Å². The smallest absolute Gasteiger partial charge is 0.249 e. The molecule has 27 heavy (non-hydrogen) atoms. The van der Waals surface area contributed by atoms with Gasteiger partial charge in [-0.3, -0.25) is 4.79 Å². The van der Waals surface area contributed by atoms with E-state index in [1.165, 1.54) is 11.5 Å². The van der Waals surface area contributed by atoms with Crippen LogP contribution in [0.3, 0.4) is 0 Å². The number of benzene rings is 1. The molecule has 136 valence electrons. The summed E-state index contributed by atoms with van der Waals surface area (Å²) in [6.45, 7) is 3.43. The Morgan fingerprint density at radius 1 is 1.26 bits per heavy atom. The second-order valence-corrected chi connectivity index (χ2v) is 7.18. The SMILES string of the molecule is Cc1nc(-c2snnc2-c2ccccc2)nc2c1NC(=O)C1COCCN21. The van der Waals surface area contributed by atoms with Gasteiger partial charge in [0.15, 0.2) is 11.6 Å². The number of amides is 1. The van der Waals surface area contributed by atoms with E-state index in [1.54, 1.807) is 0 Å². The Kier molecular flexibility index (Phi) is 3.83. The van der Waals surface area contributed by atoms with Crippen molar-refractivity contribution in [2.24, 2.45) is 0 Å². The van der Waals surface area contributed by atoms with Crippen LogP contribution in [0.15, 0.2) is 30.3 Å². The topological polar surface area (TPSA) is 93.1 Å². The Balaban J connectivity index is 1.64. The highest BCUT2D eigenvalue weighted by Crippen LogP contribution is 2.38. The number of ether oxygens (including phenoxy) is 1. The van der Waals surface area contributed by atoms with Gasteiger partial charge in [-0.15, -0.1) is 5.10 Å². The zero-order valence-electron chi connectivity index (χ0n) is 14.5. The van der Waals surface area contributed by atoms with E-state index in [-0.39, 0.29) is 11.9 Å². The van der Waals surface area contributed by atoms with Crippen molar-refractivity contribution in [3.8, 4) is 22.0 Å². The lowest BCUT2D eigenvalue weighted by Gasteiger charge is -2.40. The lowest BCUT2D eigenvalue weighted by atomic mass is 10.1. The maximum absolute atomic E-state index is 12.4. The summed E-state index contributed by atoms with van der Waals surface area (Å²) < 4.78 is 9.59. The van der Waals surface area contributed by atoms with Crippen molar-refractivity contribution in [1.82, 2.24) is 19.6 Å². The van der Waals surface area contributed by atoms with Gasteiger partial charge in [0.05, 0.1) is 18.9 Å². The van der Waals surface area contributed by atoms with Gasteiger partial charge < -0.3 is 15.0 Å². The number of nitrogens with zero attached hydrogens (tertiary/aromatic N) is 5. The molecule has 5 rings (SSSR count). The number of anilines is 2.